The van der Waals surface area contributed by atoms with Crippen molar-refractivity contribution in [1.29, 1.82) is 0 Å². The second-order valence-electron chi connectivity index (χ2n) is 5.07. The van der Waals surface area contributed by atoms with Crippen molar-refractivity contribution in [2.75, 3.05) is 5.73 Å². The lowest BCUT2D eigenvalue weighted by atomic mass is 9.85. The predicted octanol–water partition coefficient (Wildman–Crippen LogP) is 3.32. The Balaban J connectivity index is 2.00. The molecule has 0 radical (unpaired) electrons. The molecule has 2 N–H and O–H groups in total. The summed E-state index contributed by atoms with van der Waals surface area (Å²) in [6, 6.07) is 1.92. The second-order valence-corrected chi connectivity index (χ2v) is 5.07. The van der Waals surface area contributed by atoms with Gasteiger partial charge in [0, 0.05) is 5.56 Å². The number of nitrogen functional groups attached to an aromatic ring is 1. The molecule has 1 heterocycles. The minimum Gasteiger partial charge on any atom is -0.474 e. The largest absolute Gasteiger partial charge is 0.474 e. The quantitative estimate of drug-likeness (QED) is 0.872. The van der Waals surface area contributed by atoms with Gasteiger partial charge in [0.15, 0.2) is 0 Å². The van der Waals surface area contributed by atoms with Gasteiger partial charge < -0.3 is 10.5 Å². The summed E-state index contributed by atoms with van der Waals surface area (Å²) >= 11 is 0. The summed E-state index contributed by atoms with van der Waals surface area (Å²) in [6.07, 6.45) is 8.21. The Morgan fingerprint density at radius 1 is 1.47 bits per heavy atom. The van der Waals surface area contributed by atoms with Crippen LogP contribution in [0.2, 0.25) is 0 Å². The van der Waals surface area contributed by atoms with Gasteiger partial charge in [-0.2, -0.15) is 0 Å². The third-order valence-corrected chi connectivity index (χ3v) is 3.64. The molecule has 0 spiro atoms. The first kappa shape index (κ1) is 12.2. The van der Waals surface area contributed by atoms with Gasteiger partial charge in [-0.25, -0.2) is 4.98 Å². The molecule has 1 aromatic rings. The van der Waals surface area contributed by atoms with E-state index in [4.69, 9.17) is 10.5 Å². The van der Waals surface area contributed by atoms with Gasteiger partial charge in [-0.1, -0.05) is 19.8 Å². The zero-order valence-electron chi connectivity index (χ0n) is 10.8. The van der Waals surface area contributed by atoms with E-state index in [-0.39, 0.29) is 0 Å². The number of aryl methyl sites for hydroxylation is 1. The monoisotopic (exact) mass is 234 g/mol. The molecule has 1 aliphatic rings. The highest BCUT2D eigenvalue weighted by Crippen LogP contribution is 2.30. The van der Waals surface area contributed by atoms with Crippen LogP contribution in [0.1, 0.15) is 44.6 Å². The maximum absolute atomic E-state index is 6.01. The Hall–Kier alpha value is -1.25. The number of nitrogens with zero attached hydrogens (tertiary/aromatic N) is 1. The van der Waals surface area contributed by atoms with Crippen molar-refractivity contribution >= 4 is 5.69 Å². The van der Waals surface area contributed by atoms with Crippen molar-refractivity contribution in [3.63, 3.8) is 0 Å². The van der Waals surface area contributed by atoms with Crippen LogP contribution < -0.4 is 10.5 Å². The molecule has 3 nitrogen and oxygen atoms in total. The van der Waals surface area contributed by atoms with Crippen molar-refractivity contribution in [2.45, 2.75) is 52.1 Å². The molecule has 94 valence electrons. The number of hydrogen-bond donors (Lipinski definition) is 1. The van der Waals surface area contributed by atoms with E-state index in [0.29, 0.717) is 11.8 Å². The number of rotatable bonds is 3. The number of pyridine rings is 1. The van der Waals surface area contributed by atoms with Gasteiger partial charge in [-0.05, 0) is 38.2 Å². The Morgan fingerprint density at radius 2 is 2.29 bits per heavy atom. The number of nitrogens with two attached hydrogens (primary N) is 1. The van der Waals surface area contributed by atoms with Crippen LogP contribution in [0.15, 0.2) is 12.3 Å². The van der Waals surface area contributed by atoms with Gasteiger partial charge in [0.1, 0.15) is 6.10 Å². The molecule has 2 atom stereocenters. The van der Waals surface area contributed by atoms with Gasteiger partial charge >= 0.3 is 0 Å². The minimum atomic E-state index is 0.337. The summed E-state index contributed by atoms with van der Waals surface area (Å²) < 4.78 is 6.01. The van der Waals surface area contributed by atoms with Crippen molar-refractivity contribution in [2.24, 2.45) is 5.92 Å². The average Bonchev–Trinajstić information content (AvgIpc) is 2.33. The van der Waals surface area contributed by atoms with E-state index < -0.39 is 0 Å². The average molecular weight is 234 g/mol. The molecule has 2 rings (SSSR count). The molecule has 17 heavy (non-hydrogen) atoms. The van der Waals surface area contributed by atoms with Crippen LogP contribution in [0, 0.1) is 12.8 Å². The lowest BCUT2D eigenvalue weighted by molar-refractivity contribution is 0.116. The number of hydrogen-bond acceptors (Lipinski definition) is 3. The van der Waals surface area contributed by atoms with E-state index >= 15 is 0 Å². The standard InChI is InChI=1S/C14H22N2O/c1-3-11-5-4-6-13(8-11)17-14-10(2)7-12(15)9-16-14/h7,9,11,13H,3-6,8,15H2,1-2H3. The van der Waals surface area contributed by atoms with E-state index in [0.717, 1.165) is 23.8 Å². The number of ether oxygens (including phenoxy) is 1. The van der Waals surface area contributed by atoms with Crippen molar-refractivity contribution in [3.8, 4) is 5.88 Å². The van der Waals surface area contributed by atoms with Crippen LogP contribution in [0.5, 0.6) is 5.88 Å². The van der Waals surface area contributed by atoms with Crippen molar-refractivity contribution < 1.29 is 4.74 Å². The smallest absolute Gasteiger partial charge is 0.216 e. The Morgan fingerprint density at radius 3 is 3.00 bits per heavy atom. The number of aromatic nitrogens is 1. The molecular formula is C14H22N2O. The third-order valence-electron chi connectivity index (χ3n) is 3.64. The van der Waals surface area contributed by atoms with E-state index in [2.05, 4.69) is 11.9 Å². The molecule has 0 bridgehead atoms. The van der Waals surface area contributed by atoms with Gasteiger partial charge in [0.2, 0.25) is 5.88 Å². The van der Waals surface area contributed by atoms with Crippen LogP contribution in [0.4, 0.5) is 5.69 Å². The predicted molar refractivity (Wildman–Crippen MR) is 70.1 cm³/mol. The molecule has 0 saturated heterocycles. The summed E-state index contributed by atoms with van der Waals surface area (Å²) in [5, 5.41) is 0. The molecule has 0 aliphatic heterocycles. The molecular weight excluding hydrogens is 212 g/mol. The summed E-state index contributed by atoms with van der Waals surface area (Å²) in [6.45, 7) is 4.26. The van der Waals surface area contributed by atoms with Crippen molar-refractivity contribution in [3.05, 3.63) is 17.8 Å². The highest BCUT2D eigenvalue weighted by Gasteiger charge is 2.22. The molecule has 1 saturated carbocycles. The Labute approximate surface area is 103 Å². The van der Waals surface area contributed by atoms with Crippen LogP contribution in [-0.4, -0.2) is 11.1 Å². The fourth-order valence-corrected chi connectivity index (χ4v) is 2.58. The van der Waals surface area contributed by atoms with Crippen LogP contribution in [0.25, 0.3) is 0 Å². The molecule has 1 aliphatic carbocycles. The first-order valence-electron chi connectivity index (χ1n) is 6.57. The summed E-state index contributed by atoms with van der Waals surface area (Å²) in [5.74, 6) is 1.57. The van der Waals surface area contributed by atoms with E-state index in [9.17, 15) is 0 Å². The van der Waals surface area contributed by atoms with E-state index in [1.165, 1.54) is 25.7 Å². The zero-order valence-corrected chi connectivity index (χ0v) is 10.8. The summed E-state index contributed by atoms with van der Waals surface area (Å²) in [7, 11) is 0. The second kappa shape index (κ2) is 5.39. The summed E-state index contributed by atoms with van der Waals surface area (Å²) in [5.41, 5.74) is 7.42. The molecule has 0 aromatic carbocycles. The minimum absolute atomic E-state index is 0.337. The lowest BCUT2D eigenvalue weighted by Crippen LogP contribution is -2.25. The van der Waals surface area contributed by atoms with Crippen LogP contribution in [0.3, 0.4) is 0 Å². The van der Waals surface area contributed by atoms with Gasteiger partial charge in [-0.3, -0.25) is 0 Å². The van der Waals surface area contributed by atoms with Crippen LogP contribution >= 0.6 is 0 Å². The molecule has 3 heteroatoms. The zero-order chi connectivity index (χ0) is 12.3. The van der Waals surface area contributed by atoms with Crippen LogP contribution in [-0.2, 0) is 0 Å². The van der Waals surface area contributed by atoms with E-state index in [1.807, 2.05) is 13.0 Å². The van der Waals surface area contributed by atoms with Gasteiger partial charge in [0.25, 0.3) is 0 Å². The highest BCUT2D eigenvalue weighted by molar-refractivity contribution is 5.41. The molecule has 0 amide bonds. The molecule has 1 fully saturated rings. The van der Waals surface area contributed by atoms with Gasteiger partial charge in [0.05, 0.1) is 11.9 Å². The molecule has 1 aromatic heterocycles. The Kier molecular flexibility index (Phi) is 3.87. The van der Waals surface area contributed by atoms with E-state index in [1.54, 1.807) is 6.20 Å². The Bertz CT molecular complexity index is 378. The topological polar surface area (TPSA) is 48.1 Å². The summed E-state index contributed by atoms with van der Waals surface area (Å²) in [4.78, 5) is 4.28. The van der Waals surface area contributed by atoms with Gasteiger partial charge in [-0.15, -0.1) is 0 Å². The third kappa shape index (κ3) is 3.11. The maximum Gasteiger partial charge on any atom is 0.216 e. The lowest BCUT2D eigenvalue weighted by Gasteiger charge is -2.28. The fourth-order valence-electron chi connectivity index (χ4n) is 2.58. The highest BCUT2D eigenvalue weighted by atomic mass is 16.5. The fraction of sp³-hybridized carbons (Fsp3) is 0.643. The SMILES string of the molecule is CCC1CCCC(Oc2ncc(N)cc2C)C1. The maximum atomic E-state index is 6.01. The first-order chi connectivity index (χ1) is 8.19. The van der Waals surface area contributed by atoms with Crippen molar-refractivity contribution in [1.82, 2.24) is 4.98 Å². The molecule has 2 unspecified atom stereocenters. The first-order valence-corrected chi connectivity index (χ1v) is 6.57. The normalized spacial score (nSPS) is 24.6. The number of anilines is 1.